The van der Waals surface area contributed by atoms with E-state index in [-0.39, 0.29) is 0 Å². The molecule has 1 saturated carbocycles. The molecule has 1 aliphatic heterocycles. The summed E-state index contributed by atoms with van der Waals surface area (Å²) in [5.41, 5.74) is 1.39. The SMILES string of the molecule is c1cc(CN(CC2CCCN2)C2CC2)ccn1. The molecule has 1 aromatic rings. The van der Waals surface area contributed by atoms with Gasteiger partial charge in [-0.2, -0.15) is 0 Å². The zero-order valence-electron chi connectivity index (χ0n) is 10.3. The van der Waals surface area contributed by atoms with Crippen LogP contribution in [0.3, 0.4) is 0 Å². The molecule has 1 N–H and O–H groups in total. The minimum atomic E-state index is 0.720. The van der Waals surface area contributed by atoms with Gasteiger partial charge in [-0.25, -0.2) is 0 Å². The molecule has 0 amide bonds. The topological polar surface area (TPSA) is 28.2 Å². The Balaban J connectivity index is 1.60. The molecule has 1 unspecified atom stereocenters. The predicted molar refractivity (Wildman–Crippen MR) is 68.7 cm³/mol. The van der Waals surface area contributed by atoms with Crippen molar-refractivity contribution >= 4 is 0 Å². The van der Waals surface area contributed by atoms with Crippen LogP contribution >= 0.6 is 0 Å². The van der Waals surface area contributed by atoms with Gasteiger partial charge in [0, 0.05) is 37.6 Å². The Morgan fingerprint density at radius 1 is 1.24 bits per heavy atom. The molecule has 92 valence electrons. The van der Waals surface area contributed by atoms with Crippen molar-refractivity contribution in [3.63, 3.8) is 0 Å². The van der Waals surface area contributed by atoms with E-state index in [0.29, 0.717) is 0 Å². The van der Waals surface area contributed by atoms with E-state index >= 15 is 0 Å². The van der Waals surface area contributed by atoms with Gasteiger partial charge in [-0.15, -0.1) is 0 Å². The van der Waals surface area contributed by atoms with Crippen molar-refractivity contribution in [3.05, 3.63) is 30.1 Å². The molecule has 1 saturated heterocycles. The Labute approximate surface area is 103 Å². The van der Waals surface area contributed by atoms with Gasteiger partial charge >= 0.3 is 0 Å². The molecule has 1 aliphatic carbocycles. The first-order chi connectivity index (χ1) is 8.42. The molecule has 1 atom stereocenters. The smallest absolute Gasteiger partial charge is 0.0271 e. The fourth-order valence-corrected chi connectivity index (χ4v) is 2.70. The normalized spacial score (nSPS) is 24.4. The molecule has 0 aromatic carbocycles. The maximum absolute atomic E-state index is 4.09. The maximum atomic E-state index is 4.09. The van der Waals surface area contributed by atoms with Gasteiger partial charge in [0.25, 0.3) is 0 Å². The lowest BCUT2D eigenvalue weighted by atomic mass is 10.2. The summed E-state index contributed by atoms with van der Waals surface area (Å²) in [5.74, 6) is 0. The summed E-state index contributed by atoms with van der Waals surface area (Å²) in [6.07, 6.45) is 9.26. The van der Waals surface area contributed by atoms with Gasteiger partial charge in [-0.3, -0.25) is 9.88 Å². The maximum Gasteiger partial charge on any atom is 0.0271 e. The van der Waals surface area contributed by atoms with Crippen LogP contribution in [0.2, 0.25) is 0 Å². The van der Waals surface area contributed by atoms with Crippen molar-refractivity contribution in [2.24, 2.45) is 0 Å². The van der Waals surface area contributed by atoms with Gasteiger partial charge in [0.2, 0.25) is 0 Å². The molecule has 1 aromatic heterocycles. The molecule has 3 heteroatoms. The van der Waals surface area contributed by atoms with Gasteiger partial charge in [-0.05, 0) is 49.9 Å². The van der Waals surface area contributed by atoms with Gasteiger partial charge in [0.1, 0.15) is 0 Å². The summed E-state index contributed by atoms with van der Waals surface area (Å²) in [4.78, 5) is 6.74. The van der Waals surface area contributed by atoms with Gasteiger partial charge in [0.15, 0.2) is 0 Å². The molecule has 0 spiro atoms. The highest BCUT2D eigenvalue weighted by molar-refractivity contribution is 5.10. The van der Waals surface area contributed by atoms with Crippen LogP contribution < -0.4 is 5.32 Å². The Kier molecular flexibility index (Phi) is 3.39. The molecular formula is C14H21N3. The van der Waals surface area contributed by atoms with Crippen LogP contribution in [0.4, 0.5) is 0 Å². The molecule has 3 rings (SSSR count). The van der Waals surface area contributed by atoms with Gasteiger partial charge in [0.05, 0.1) is 0 Å². The second-order valence-corrected chi connectivity index (χ2v) is 5.31. The van der Waals surface area contributed by atoms with Gasteiger partial charge < -0.3 is 5.32 Å². The van der Waals surface area contributed by atoms with Gasteiger partial charge in [-0.1, -0.05) is 0 Å². The van der Waals surface area contributed by atoms with E-state index in [1.54, 1.807) is 0 Å². The molecule has 0 radical (unpaired) electrons. The highest BCUT2D eigenvalue weighted by Gasteiger charge is 2.31. The van der Waals surface area contributed by atoms with Crippen molar-refractivity contribution in [3.8, 4) is 0 Å². The lowest BCUT2D eigenvalue weighted by Gasteiger charge is -2.25. The highest BCUT2D eigenvalue weighted by atomic mass is 15.2. The quantitative estimate of drug-likeness (QED) is 0.837. The molecule has 0 bridgehead atoms. The summed E-state index contributed by atoms with van der Waals surface area (Å²) < 4.78 is 0. The van der Waals surface area contributed by atoms with Crippen molar-refractivity contribution in [2.45, 2.75) is 44.3 Å². The average molecular weight is 231 g/mol. The predicted octanol–water partition coefficient (Wildman–Crippen LogP) is 1.80. The standard InChI is InChI=1S/C14H21N3/c1-2-13(16-7-1)11-17(14-3-4-14)10-12-5-8-15-9-6-12/h5-6,8-9,13-14,16H,1-4,7,10-11H2. The number of aromatic nitrogens is 1. The zero-order valence-corrected chi connectivity index (χ0v) is 10.3. The van der Waals surface area contributed by atoms with Crippen molar-refractivity contribution in [2.75, 3.05) is 13.1 Å². The first-order valence-corrected chi connectivity index (χ1v) is 6.78. The first kappa shape index (κ1) is 11.2. The molecule has 2 heterocycles. The first-order valence-electron chi connectivity index (χ1n) is 6.78. The Hall–Kier alpha value is -0.930. The van der Waals surface area contributed by atoms with Crippen LogP contribution in [0, 0.1) is 0 Å². The third-order valence-electron chi connectivity index (χ3n) is 3.82. The molecule has 2 aliphatic rings. The van der Waals surface area contributed by atoms with E-state index in [4.69, 9.17) is 0 Å². The van der Waals surface area contributed by atoms with Crippen LogP contribution in [0.15, 0.2) is 24.5 Å². The second kappa shape index (κ2) is 5.15. The zero-order chi connectivity index (χ0) is 11.5. The number of pyridine rings is 1. The molecule has 17 heavy (non-hydrogen) atoms. The van der Waals surface area contributed by atoms with Crippen LogP contribution in [-0.2, 0) is 6.54 Å². The summed E-state index contributed by atoms with van der Waals surface area (Å²) in [7, 11) is 0. The van der Waals surface area contributed by atoms with Crippen LogP contribution in [0.1, 0.15) is 31.2 Å². The fraction of sp³-hybridized carbons (Fsp3) is 0.643. The molecular weight excluding hydrogens is 210 g/mol. The summed E-state index contributed by atoms with van der Waals surface area (Å²) in [5, 5.41) is 3.60. The van der Waals surface area contributed by atoms with Crippen molar-refractivity contribution in [1.29, 1.82) is 0 Å². The lowest BCUT2D eigenvalue weighted by molar-refractivity contribution is 0.231. The second-order valence-electron chi connectivity index (χ2n) is 5.31. The van der Waals surface area contributed by atoms with E-state index < -0.39 is 0 Å². The number of nitrogens with zero attached hydrogens (tertiary/aromatic N) is 2. The summed E-state index contributed by atoms with van der Waals surface area (Å²) >= 11 is 0. The largest absolute Gasteiger partial charge is 0.313 e. The molecule has 2 fully saturated rings. The highest BCUT2D eigenvalue weighted by Crippen LogP contribution is 2.29. The third kappa shape index (κ3) is 3.05. The van der Waals surface area contributed by atoms with E-state index in [2.05, 4.69) is 27.3 Å². The number of hydrogen-bond acceptors (Lipinski definition) is 3. The Morgan fingerprint density at radius 2 is 2.06 bits per heavy atom. The molecule has 3 nitrogen and oxygen atoms in total. The van der Waals surface area contributed by atoms with Crippen molar-refractivity contribution < 1.29 is 0 Å². The summed E-state index contributed by atoms with van der Waals surface area (Å²) in [6, 6.07) is 5.83. The van der Waals surface area contributed by atoms with Crippen LogP contribution in [0.25, 0.3) is 0 Å². The number of nitrogens with one attached hydrogen (secondary N) is 1. The van der Waals surface area contributed by atoms with E-state index in [1.807, 2.05) is 12.4 Å². The lowest BCUT2D eigenvalue weighted by Crippen LogP contribution is -2.38. The fourth-order valence-electron chi connectivity index (χ4n) is 2.70. The number of rotatable bonds is 5. The average Bonchev–Trinajstić information content (AvgIpc) is 3.09. The van der Waals surface area contributed by atoms with E-state index in [0.717, 1.165) is 18.6 Å². The Bertz CT molecular complexity index is 342. The van der Waals surface area contributed by atoms with Crippen molar-refractivity contribution in [1.82, 2.24) is 15.2 Å². The van der Waals surface area contributed by atoms with Crippen LogP contribution in [-0.4, -0.2) is 35.1 Å². The van der Waals surface area contributed by atoms with E-state index in [9.17, 15) is 0 Å². The minimum absolute atomic E-state index is 0.720. The minimum Gasteiger partial charge on any atom is -0.313 e. The number of hydrogen-bond donors (Lipinski definition) is 1. The summed E-state index contributed by atoms with van der Waals surface area (Å²) in [6.45, 7) is 3.51. The Morgan fingerprint density at radius 3 is 2.71 bits per heavy atom. The van der Waals surface area contributed by atoms with Crippen LogP contribution in [0.5, 0.6) is 0 Å². The van der Waals surface area contributed by atoms with E-state index in [1.165, 1.54) is 44.3 Å². The monoisotopic (exact) mass is 231 g/mol. The third-order valence-corrected chi connectivity index (χ3v) is 3.82.